The van der Waals surface area contributed by atoms with E-state index >= 15 is 0 Å². The molecule has 0 aliphatic carbocycles. The van der Waals surface area contributed by atoms with E-state index in [9.17, 15) is 0 Å². The first-order valence-corrected chi connectivity index (χ1v) is 3.68. The van der Waals surface area contributed by atoms with Gasteiger partial charge >= 0.3 is 0 Å². The van der Waals surface area contributed by atoms with Gasteiger partial charge in [0.25, 0.3) is 0 Å². The second kappa shape index (κ2) is 7.72. The summed E-state index contributed by atoms with van der Waals surface area (Å²) in [5.74, 6) is 0. The fraction of sp³-hybridized carbons (Fsp3) is 0.750. The molecule has 0 N–H and O–H groups in total. The summed E-state index contributed by atoms with van der Waals surface area (Å²) in [6, 6.07) is 0. The van der Waals surface area contributed by atoms with Crippen LogP contribution in [0.3, 0.4) is 0 Å². The van der Waals surface area contributed by atoms with Crippen molar-refractivity contribution in [1.82, 2.24) is 0 Å². The summed E-state index contributed by atoms with van der Waals surface area (Å²) in [6.45, 7) is 7.06. The number of rotatable bonds is 7. The molecule has 0 heterocycles. The maximum absolute atomic E-state index is 5.16. The molecule has 11 heavy (non-hydrogen) atoms. The Kier molecular flexibility index (Phi) is 7.46. The zero-order valence-electron chi connectivity index (χ0n) is 7.21. The highest BCUT2D eigenvalue weighted by atomic mass is 16.7. The molecule has 0 aliphatic rings. The van der Waals surface area contributed by atoms with Gasteiger partial charge in [-0.2, -0.15) is 0 Å². The quantitative estimate of drug-likeness (QED) is 0.318. The molecule has 3 nitrogen and oxygen atoms in total. The Morgan fingerprint density at radius 3 is 2.73 bits per heavy atom. The average molecular weight is 160 g/mol. The second-order valence-electron chi connectivity index (χ2n) is 1.95. The summed E-state index contributed by atoms with van der Waals surface area (Å²) in [7, 11) is 1.59. The summed E-state index contributed by atoms with van der Waals surface area (Å²) in [5, 5.41) is 0. The third-order valence-electron chi connectivity index (χ3n) is 1.11. The maximum Gasteiger partial charge on any atom is 0.180 e. The fourth-order valence-corrected chi connectivity index (χ4v) is 0.618. The van der Waals surface area contributed by atoms with E-state index in [1.807, 2.05) is 6.92 Å². The van der Waals surface area contributed by atoms with Gasteiger partial charge in [0.1, 0.15) is 0 Å². The molecule has 0 radical (unpaired) electrons. The maximum atomic E-state index is 5.16. The zero-order chi connectivity index (χ0) is 8.53. The largest absolute Gasteiger partial charge is 0.372 e. The van der Waals surface area contributed by atoms with Gasteiger partial charge in [0, 0.05) is 13.7 Å². The van der Waals surface area contributed by atoms with Crippen molar-refractivity contribution in [2.24, 2.45) is 0 Å². The van der Waals surface area contributed by atoms with Crippen molar-refractivity contribution in [3.05, 3.63) is 12.7 Å². The van der Waals surface area contributed by atoms with Gasteiger partial charge in [-0.3, -0.25) is 0 Å². The van der Waals surface area contributed by atoms with Crippen molar-refractivity contribution in [1.29, 1.82) is 0 Å². The van der Waals surface area contributed by atoms with Gasteiger partial charge < -0.3 is 14.2 Å². The van der Waals surface area contributed by atoms with Crippen molar-refractivity contribution < 1.29 is 14.2 Å². The molecule has 0 aromatic heterocycles. The van der Waals surface area contributed by atoms with Gasteiger partial charge in [-0.1, -0.05) is 6.08 Å². The summed E-state index contributed by atoms with van der Waals surface area (Å²) >= 11 is 0. The summed E-state index contributed by atoms with van der Waals surface area (Å²) in [5.41, 5.74) is 0. The van der Waals surface area contributed by atoms with E-state index in [1.165, 1.54) is 0 Å². The van der Waals surface area contributed by atoms with Crippen LogP contribution in [-0.2, 0) is 14.2 Å². The van der Waals surface area contributed by atoms with Crippen LogP contribution in [0.5, 0.6) is 0 Å². The third-order valence-corrected chi connectivity index (χ3v) is 1.11. The van der Waals surface area contributed by atoms with Gasteiger partial charge in [-0.25, -0.2) is 0 Å². The van der Waals surface area contributed by atoms with Gasteiger partial charge in [0.2, 0.25) is 0 Å². The Balaban J connectivity index is 3.27. The Morgan fingerprint density at radius 1 is 1.55 bits per heavy atom. The van der Waals surface area contributed by atoms with E-state index < -0.39 is 0 Å². The Hall–Kier alpha value is -0.380. The number of hydrogen-bond acceptors (Lipinski definition) is 3. The number of methoxy groups -OCH3 is 1. The summed E-state index contributed by atoms with van der Waals surface area (Å²) < 4.78 is 15.2. The average Bonchev–Trinajstić information content (AvgIpc) is 2.03. The Labute approximate surface area is 67.9 Å². The van der Waals surface area contributed by atoms with Crippen molar-refractivity contribution in [2.45, 2.75) is 13.2 Å². The molecule has 0 bridgehead atoms. The molecule has 0 rings (SSSR count). The number of hydrogen-bond donors (Lipinski definition) is 0. The molecule has 0 aromatic rings. The smallest absolute Gasteiger partial charge is 0.180 e. The fourth-order valence-electron chi connectivity index (χ4n) is 0.618. The molecule has 0 saturated heterocycles. The minimum Gasteiger partial charge on any atom is -0.372 e. The van der Waals surface area contributed by atoms with Crippen LogP contribution in [0.4, 0.5) is 0 Å². The lowest BCUT2D eigenvalue weighted by atomic mass is 10.6. The molecule has 1 unspecified atom stereocenters. The molecule has 0 aliphatic heterocycles. The molecule has 3 heteroatoms. The predicted octanol–water partition coefficient (Wildman–Crippen LogP) is 1.20. The summed E-state index contributed by atoms with van der Waals surface area (Å²) in [4.78, 5) is 0. The predicted molar refractivity (Wildman–Crippen MR) is 43.4 cm³/mol. The van der Waals surface area contributed by atoms with Crippen LogP contribution >= 0.6 is 0 Å². The topological polar surface area (TPSA) is 27.7 Å². The minimum atomic E-state index is -0.250. The van der Waals surface area contributed by atoms with Gasteiger partial charge in [-0.15, -0.1) is 6.58 Å². The molecule has 0 fully saturated rings. The first-order valence-electron chi connectivity index (χ1n) is 3.68. The van der Waals surface area contributed by atoms with E-state index in [1.54, 1.807) is 13.2 Å². The first kappa shape index (κ1) is 10.6. The van der Waals surface area contributed by atoms with Crippen LogP contribution in [0.25, 0.3) is 0 Å². The van der Waals surface area contributed by atoms with E-state index in [4.69, 9.17) is 14.2 Å². The number of ether oxygens (including phenoxy) is 3. The highest BCUT2D eigenvalue weighted by Gasteiger charge is 2.04. The highest BCUT2D eigenvalue weighted by molar-refractivity contribution is 4.63. The van der Waals surface area contributed by atoms with Crippen LogP contribution in [0, 0.1) is 0 Å². The molecule has 0 spiro atoms. The lowest BCUT2D eigenvalue weighted by Crippen LogP contribution is -2.21. The van der Waals surface area contributed by atoms with E-state index in [0.717, 1.165) is 0 Å². The highest BCUT2D eigenvalue weighted by Crippen LogP contribution is 1.93. The van der Waals surface area contributed by atoms with Crippen LogP contribution in [-0.4, -0.2) is 33.2 Å². The van der Waals surface area contributed by atoms with Crippen molar-refractivity contribution >= 4 is 0 Å². The van der Waals surface area contributed by atoms with Crippen molar-refractivity contribution in [3.8, 4) is 0 Å². The monoisotopic (exact) mass is 160 g/mol. The molecular formula is C8H16O3. The van der Waals surface area contributed by atoms with E-state index in [0.29, 0.717) is 19.8 Å². The van der Waals surface area contributed by atoms with Crippen molar-refractivity contribution in [3.63, 3.8) is 0 Å². The lowest BCUT2D eigenvalue weighted by Gasteiger charge is -2.14. The van der Waals surface area contributed by atoms with Gasteiger partial charge in [-0.05, 0) is 6.92 Å². The normalized spacial score (nSPS) is 12.9. The molecular weight excluding hydrogens is 144 g/mol. The lowest BCUT2D eigenvalue weighted by molar-refractivity contribution is -0.151. The van der Waals surface area contributed by atoms with Crippen LogP contribution in [0.15, 0.2) is 12.7 Å². The molecule has 0 aromatic carbocycles. The van der Waals surface area contributed by atoms with Crippen LogP contribution in [0.1, 0.15) is 6.92 Å². The SMILES string of the molecule is C=CCOCC(OC)OCC. The summed E-state index contributed by atoms with van der Waals surface area (Å²) in [6.07, 6.45) is 1.44. The standard InChI is InChI=1S/C8H16O3/c1-4-6-10-7-8(9-3)11-5-2/h4,8H,1,5-7H2,2-3H3. The third kappa shape index (κ3) is 6.04. The first-order chi connectivity index (χ1) is 5.35. The minimum absolute atomic E-state index is 0.250. The Bertz CT molecular complexity index is 93.3. The van der Waals surface area contributed by atoms with Crippen molar-refractivity contribution in [2.75, 3.05) is 26.9 Å². The molecule has 1 atom stereocenters. The van der Waals surface area contributed by atoms with Gasteiger partial charge in [0.05, 0.1) is 13.2 Å². The van der Waals surface area contributed by atoms with E-state index in [-0.39, 0.29) is 6.29 Å². The van der Waals surface area contributed by atoms with Gasteiger partial charge in [0.15, 0.2) is 6.29 Å². The second-order valence-corrected chi connectivity index (χ2v) is 1.95. The molecule has 66 valence electrons. The molecule has 0 saturated carbocycles. The van der Waals surface area contributed by atoms with Crippen LogP contribution < -0.4 is 0 Å². The Morgan fingerprint density at radius 2 is 2.27 bits per heavy atom. The molecule has 0 amide bonds. The van der Waals surface area contributed by atoms with E-state index in [2.05, 4.69) is 6.58 Å². The zero-order valence-corrected chi connectivity index (χ0v) is 7.21. The van der Waals surface area contributed by atoms with Crippen LogP contribution in [0.2, 0.25) is 0 Å².